The Bertz CT molecular complexity index is 371. The third-order valence-corrected chi connectivity index (χ3v) is 3.89. The Kier molecular flexibility index (Phi) is 5.21. The van der Waals surface area contributed by atoms with Gasteiger partial charge in [-0.25, -0.2) is 0 Å². The van der Waals surface area contributed by atoms with E-state index in [4.69, 9.17) is 11.6 Å². The number of Topliss-reactive ketones (excluding diaryl/α,β-unsaturated/α-hetero) is 1. The maximum atomic E-state index is 12.3. The summed E-state index contributed by atoms with van der Waals surface area (Å²) in [7, 11) is 0. The van der Waals surface area contributed by atoms with Gasteiger partial charge in [-0.3, -0.25) is 4.79 Å². The Balaban J connectivity index is 1.84. The van der Waals surface area contributed by atoms with E-state index in [9.17, 15) is 4.79 Å². The van der Waals surface area contributed by atoms with Gasteiger partial charge >= 0.3 is 0 Å². The number of halogens is 1. The highest BCUT2D eigenvalue weighted by Crippen LogP contribution is 2.21. The Morgan fingerprint density at radius 1 is 1.22 bits per heavy atom. The molecule has 0 aliphatic carbocycles. The largest absolute Gasteiger partial charge is 0.303 e. The van der Waals surface area contributed by atoms with Gasteiger partial charge in [-0.15, -0.1) is 11.6 Å². The number of hydrogen-bond acceptors (Lipinski definition) is 2. The van der Waals surface area contributed by atoms with Crippen LogP contribution in [0.4, 0.5) is 0 Å². The zero-order chi connectivity index (χ0) is 12.8. The van der Waals surface area contributed by atoms with Crippen LogP contribution in [0.25, 0.3) is 0 Å². The van der Waals surface area contributed by atoms with Crippen LogP contribution in [-0.2, 0) is 0 Å². The number of nitrogens with zero attached hydrogens (tertiary/aromatic N) is 1. The quantitative estimate of drug-likeness (QED) is 0.602. The molecule has 0 N–H and O–H groups in total. The maximum Gasteiger partial charge on any atom is 0.166 e. The lowest BCUT2D eigenvalue weighted by atomic mass is 9.89. The van der Waals surface area contributed by atoms with Gasteiger partial charge < -0.3 is 4.90 Å². The highest BCUT2D eigenvalue weighted by atomic mass is 35.5. The minimum absolute atomic E-state index is 0.208. The molecule has 0 atom stereocenters. The van der Waals surface area contributed by atoms with Gasteiger partial charge in [0, 0.05) is 17.4 Å². The number of likely N-dealkylation sites (tertiary alicyclic amines) is 1. The summed E-state index contributed by atoms with van der Waals surface area (Å²) in [6.45, 7) is 3.12. The average Bonchev–Trinajstić information content (AvgIpc) is 2.46. The van der Waals surface area contributed by atoms with E-state index in [0.717, 1.165) is 50.3 Å². The fraction of sp³-hybridized carbons (Fsp3) is 0.533. The van der Waals surface area contributed by atoms with Crippen molar-refractivity contribution in [1.82, 2.24) is 4.90 Å². The molecule has 1 saturated heterocycles. The highest BCUT2D eigenvalue weighted by Gasteiger charge is 2.25. The molecule has 0 amide bonds. The molecule has 98 valence electrons. The number of carbonyl (C=O) groups excluding carboxylic acids is 1. The first-order valence-electron chi connectivity index (χ1n) is 6.69. The van der Waals surface area contributed by atoms with Crippen molar-refractivity contribution in [3.8, 4) is 0 Å². The van der Waals surface area contributed by atoms with Crippen molar-refractivity contribution in [2.45, 2.75) is 19.3 Å². The van der Waals surface area contributed by atoms with E-state index < -0.39 is 0 Å². The van der Waals surface area contributed by atoms with Gasteiger partial charge in [0.05, 0.1) is 0 Å². The lowest BCUT2D eigenvalue weighted by molar-refractivity contribution is 0.0840. The zero-order valence-corrected chi connectivity index (χ0v) is 11.4. The SMILES string of the molecule is O=C(c1ccccc1)C1CCN(CCCCl)CC1. The van der Waals surface area contributed by atoms with Crippen LogP contribution >= 0.6 is 11.6 Å². The van der Waals surface area contributed by atoms with Crippen LogP contribution in [0.15, 0.2) is 30.3 Å². The van der Waals surface area contributed by atoms with Crippen LogP contribution in [0.1, 0.15) is 29.6 Å². The van der Waals surface area contributed by atoms with Gasteiger partial charge in [0.15, 0.2) is 5.78 Å². The van der Waals surface area contributed by atoms with Crippen LogP contribution in [-0.4, -0.2) is 36.2 Å². The summed E-state index contributed by atoms with van der Waals surface area (Å²) < 4.78 is 0. The molecule has 0 radical (unpaired) electrons. The van der Waals surface area contributed by atoms with E-state index in [2.05, 4.69) is 4.90 Å². The maximum absolute atomic E-state index is 12.3. The molecule has 1 aliphatic heterocycles. The second kappa shape index (κ2) is 6.91. The molecule has 0 bridgehead atoms. The Hall–Kier alpha value is -0.860. The molecule has 1 aromatic rings. The van der Waals surface area contributed by atoms with Crippen LogP contribution in [0, 0.1) is 5.92 Å². The van der Waals surface area contributed by atoms with Gasteiger partial charge in [-0.2, -0.15) is 0 Å². The molecule has 1 fully saturated rings. The Morgan fingerprint density at radius 3 is 2.50 bits per heavy atom. The van der Waals surface area contributed by atoms with Crippen LogP contribution < -0.4 is 0 Å². The first-order chi connectivity index (χ1) is 8.81. The zero-order valence-electron chi connectivity index (χ0n) is 10.6. The van der Waals surface area contributed by atoms with Crippen molar-refractivity contribution >= 4 is 17.4 Å². The van der Waals surface area contributed by atoms with Gasteiger partial charge in [-0.1, -0.05) is 30.3 Å². The third-order valence-electron chi connectivity index (χ3n) is 3.62. The summed E-state index contributed by atoms with van der Waals surface area (Å²) in [4.78, 5) is 14.7. The smallest absolute Gasteiger partial charge is 0.166 e. The summed E-state index contributed by atoms with van der Waals surface area (Å²) in [5, 5.41) is 0. The third kappa shape index (κ3) is 3.56. The molecule has 3 heteroatoms. The van der Waals surface area contributed by atoms with E-state index in [0.29, 0.717) is 5.78 Å². The fourth-order valence-corrected chi connectivity index (χ4v) is 2.66. The van der Waals surface area contributed by atoms with Crippen LogP contribution in [0.2, 0.25) is 0 Å². The molecule has 1 aliphatic rings. The van der Waals surface area contributed by atoms with Crippen molar-refractivity contribution < 1.29 is 4.79 Å². The number of alkyl halides is 1. The lowest BCUT2D eigenvalue weighted by Gasteiger charge is -2.31. The van der Waals surface area contributed by atoms with E-state index in [1.165, 1.54) is 0 Å². The second-order valence-corrected chi connectivity index (χ2v) is 5.27. The van der Waals surface area contributed by atoms with Crippen molar-refractivity contribution in [2.75, 3.05) is 25.5 Å². The summed E-state index contributed by atoms with van der Waals surface area (Å²) in [6, 6.07) is 9.65. The van der Waals surface area contributed by atoms with E-state index in [1.54, 1.807) is 0 Å². The predicted molar refractivity (Wildman–Crippen MR) is 75.3 cm³/mol. The number of ketones is 1. The van der Waals surface area contributed by atoms with Gasteiger partial charge in [0.1, 0.15) is 0 Å². The van der Waals surface area contributed by atoms with Crippen molar-refractivity contribution in [3.05, 3.63) is 35.9 Å². The van der Waals surface area contributed by atoms with Gasteiger partial charge in [0.25, 0.3) is 0 Å². The summed E-state index contributed by atoms with van der Waals surface area (Å²) >= 11 is 5.70. The standard InChI is InChI=1S/C15H20ClNO/c16-9-4-10-17-11-7-14(8-12-17)15(18)13-5-2-1-3-6-13/h1-3,5-6,14H,4,7-12H2. The number of benzene rings is 1. The second-order valence-electron chi connectivity index (χ2n) is 4.89. The molecule has 1 aromatic carbocycles. The monoisotopic (exact) mass is 265 g/mol. The average molecular weight is 266 g/mol. The minimum atomic E-state index is 0.208. The number of piperidine rings is 1. The molecule has 0 spiro atoms. The molecule has 18 heavy (non-hydrogen) atoms. The molecule has 0 unspecified atom stereocenters. The number of hydrogen-bond donors (Lipinski definition) is 0. The van der Waals surface area contributed by atoms with Gasteiger partial charge in [-0.05, 0) is 38.9 Å². The molecular weight excluding hydrogens is 246 g/mol. The summed E-state index contributed by atoms with van der Waals surface area (Å²) in [5.74, 6) is 1.25. The molecule has 1 heterocycles. The molecule has 0 aromatic heterocycles. The molecular formula is C15H20ClNO. The minimum Gasteiger partial charge on any atom is -0.303 e. The number of carbonyl (C=O) groups is 1. The topological polar surface area (TPSA) is 20.3 Å². The van der Waals surface area contributed by atoms with E-state index in [1.807, 2.05) is 30.3 Å². The normalized spacial score (nSPS) is 17.8. The van der Waals surface area contributed by atoms with Crippen molar-refractivity contribution in [3.63, 3.8) is 0 Å². The Labute approximate surface area is 114 Å². The highest BCUT2D eigenvalue weighted by molar-refractivity contribution is 6.17. The molecule has 2 nitrogen and oxygen atoms in total. The van der Waals surface area contributed by atoms with E-state index >= 15 is 0 Å². The van der Waals surface area contributed by atoms with Gasteiger partial charge in [0.2, 0.25) is 0 Å². The molecule has 0 saturated carbocycles. The van der Waals surface area contributed by atoms with Crippen molar-refractivity contribution in [2.24, 2.45) is 5.92 Å². The van der Waals surface area contributed by atoms with Crippen LogP contribution in [0.5, 0.6) is 0 Å². The number of rotatable bonds is 5. The lowest BCUT2D eigenvalue weighted by Crippen LogP contribution is -2.37. The van der Waals surface area contributed by atoms with Crippen LogP contribution in [0.3, 0.4) is 0 Å². The summed E-state index contributed by atoms with van der Waals surface area (Å²) in [5.41, 5.74) is 0.858. The van der Waals surface area contributed by atoms with E-state index in [-0.39, 0.29) is 5.92 Å². The summed E-state index contributed by atoms with van der Waals surface area (Å²) in [6.07, 6.45) is 3.00. The van der Waals surface area contributed by atoms with Crippen molar-refractivity contribution in [1.29, 1.82) is 0 Å². The first-order valence-corrected chi connectivity index (χ1v) is 7.22. The molecule has 2 rings (SSSR count). The first kappa shape index (κ1) is 13.6. The fourth-order valence-electron chi connectivity index (χ4n) is 2.54. The Morgan fingerprint density at radius 2 is 1.89 bits per heavy atom. The predicted octanol–water partition coefficient (Wildman–Crippen LogP) is 3.21.